The van der Waals surface area contributed by atoms with E-state index in [1.807, 2.05) is 30.3 Å². The summed E-state index contributed by atoms with van der Waals surface area (Å²) in [6, 6.07) is 13.1. The Balaban J connectivity index is 2.13. The van der Waals surface area contributed by atoms with E-state index in [4.69, 9.17) is 16.7 Å². The average molecular weight is 317 g/mol. The van der Waals surface area contributed by atoms with E-state index in [2.05, 4.69) is 6.92 Å². The number of carboxylic acids is 1. The van der Waals surface area contributed by atoms with Gasteiger partial charge in [0.15, 0.2) is 0 Å². The van der Waals surface area contributed by atoms with Crippen LogP contribution in [0, 0.1) is 6.92 Å². The van der Waals surface area contributed by atoms with Gasteiger partial charge in [0.25, 0.3) is 0 Å². The number of halogens is 1. The number of carbonyl (C=O) groups is 1. The molecule has 106 valence electrons. The van der Waals surface area contributed by atoms with E-state index >= 15 is 0 Å². The van der Waals surface area contributed by atoms with Crippen molar-refractivity contribution in [1.29, 1.82) is 0 Å². The minimum atomic E-state index is -0.899. The van der Waals surface area contributed by atoms with Crippen LogP contribution in [0.1, 0.15) is 26.4 Å². The van der Waals surface area contributed by atoms with Gasteiger partial charge in [-0.1, -0.05) is 29.8 Å². The van der Waals surface area contributed by atoms with Gasteiger partial charge in [0.05, 0.1) is 5.56 Å². The molecule has 1 heterocycles. The highest BCUT2D eigenvalue weighted by Gasteiger charge is 2.13. The van der Waals surface area contributed by atoms with Crippen LogP contribution in [0.3, 0.4) is 0 Å². The van der Waals surface area contributed by atoms with Gasteiger partial charge >= 0.3 is 5.97 Å². The van der Waals surface area contributed by atoms with Crippen LogP contribution in [0.2, 0.25) is 5.02 Å². The van der Waals surface area contributed by atoms with Gasteiger partial charge in [-0.05, 0) is 47.7 Å². The molecule has 1 aromatic heterocycles. The average Bonchev–Trinajstić information content (AvgIpc) is 2.76. The van der Waals surface area contributed by atoms with Crippen LogP contribution >= 0.6 is 22.9 Å². The Hall–Kier alpha value is -1.84. The smallest absolute Gasteiger partial charge is 0.335 e. The monoisotopic (exact) mass is 316 g/mol. The van der Waals surface area contributed by atoms with Crippen LogP contribution in [-0.2, 0) is 6.42 Å². The van der Waals surface area contributed by atoms with E-state index in [9.17, 15) is 4.79 Å². The number of hydrogen-bond acceptors (Lipinski definition) is 2. The standard InChI is InChI=1S/C17H13ClO2S/c1-10-13(8-11-4-2-3-5-15(11)18)14-9-12(17(19)20)6-7-16(14)21-10/h2-7,9H,8H2,1H3,(H,19,20). The molecule has 0 saturated carbocycles. The summed E-state index contributed by atoms with van der Waals surface area (Å²) in [6.45, 7) is 2.07. The summed E-state index contributed by atoms with van der Waals surface area (Å²) < 4.78 is 1.11. The molecule has 3 aromatic rings. The van der Waals surface area contributed by atoms with Crippen molar-refractivity contribution in [2.24, 2.45) is 0 Å². The summed E-state index contributed by atoms with van der Waals surface area (Å²) >= 11 is 7.92. The summed E-state index contributed by atoms with van der Waals surface area (Å²) in [5, 5.41) is 10.9. The predicted molar refractivity (Wildman–Crippen MR) is 87.8 cm³/mol. The van der Waals surface area contributed by atoms with Crippen molar-refractivity contribution in [3.63, 3.8) is 0 Å². The molecule has 0 atom stereocenters. The number of carboxylic acid groups (broad SMARTS) is 1. The second-order valence-electron chi connectivity index (χ2n) is 4.92. The number of aryl methyl sites for hydroxylation is 1. The number of aromatic carboxylic acids is 1. The first-order valence-corrected chi connectivity index (χ1v) is 7.74. The molecule has 0 aliphatic rings. The lowest BCUT2D eigenvalue weighted by Crippen LogP contribution is -1.96. The van der Waals surface area contributed by atoms with Crippen LogP contribution in [0.25, 0.3) is 10.1 Å². The lowest BCUT2D eigenvalue weighted by atomic mass is 10.0. The second-order valence-corrected chi connectivity index (χ2v) is 6.58. The van der Waals surface area contributed by atoms with Crippen molar-refractivity contribution in [2.75, 3.05) is 0 Å². The second kappa shape index (κ2) is 5.51. The lowest BCUT2D eigenvalue weighted by molar-refractivity contribution is 0.0697. The first kappa shape index (κ1) is 14.1. The first-order valence-electron chi connectivity index (χ1n) is 6.55. The van der Waals surface area contributed by atoms with Gasteiger partial charge in [-0.2, -0.15) is 0 Å². The van der Waals surface area contributed by atoms with Gasteiger partial charge in [0, 0.05) is 21.0 Å². The van der Waals surface area contributed by atoms with Gasteiger partial charge in [0.1, 0.15) is 0 Å². The van der Waals surface area contributed by atoms with E-state index in [1.54, 1.807) is 23.5 Å². The van der Waals surface area contributed by atoms with Gasteiger partial charge < -0.3 is 5.11 Å². The third kappa shape index (κ3) is 2.67. The molecular weight excluding hydrogens is 304 g/mol. The Morgan fingerprint density at radius 1 is 1.24 bits per heavy atom. The Labute approximate surface area is 131 Å². The molecule has 21 heavy (non-hydrogen) atoms. The quantitative estimate of drug-likeness (QED) is 0.725. The minimum absolute atomic E-state index is 0.320. The molecule has 0 saturated heterocycles. The molecule has 0 radical (unpaired) electrons. The van der Waals surface area contributed by atoms with E-state index in [0.717, 1.165) is 26.2 Å². The molecule has 3 rings (SSSR count). The van der Waals surface area contributed by atoms with Crippen molar-refractivity contribution >= 4 is 39.0 Å². The molecule has 0 spiro atoms. The number of rotatable bonds is 3. The number of benzene rings is 2. The molecule has 4 heteroatoms. The number of thiophene rings is 1. The van der Waals surface area contributed by atoms with Crippen molar-refractivity contribution < 1.29 is 9.90 Å². The summed E-state index contributed by atoms with van der Waals surface area (Å²) in [7, 11) is 0. The zero-order chi connectivity index (χ0) is 15.0. The van der Waals surface area contributed by atoms with E-state index in [0.29, 0.717) is 12.0 Å². The van der Waals surface area contributed by atoms with Crippen LogP contribution in [0.15, 0.2) is 42.5 Å². The van der Waals surface area contributed by atoms with E-state index < -0.39 is 5.97 Å². The summed E-state index contributed by atoms with van der Waals surface area (Å²) in [6.07, 6.45) is 0.717. The molecular formula is C17H13ClO2S. The fourth-order valence-electron chi connectivity index (χ4n) is 2.46. The topological polar surface area (TPSA) is 37.3 Å². The molecule has 0 amide bonds. The molecule has 0 bridgehead atoms. The maximum atomic E-state index is 11.2. The fraction of sp³-hybridized carbons (Fsp3) is 0.118. The summed E-state index contributed by atoms with van der Waals surface area (Å²) in [5.41, 5.74) is 2.54. The highest BCUT2D eigenvalue weighted by atomic mass is 35.5. The maximum Gasteiger partial charge on any atom is 0.335 e. The van der Waals surface area contributed by atoms with Gasteiger partial charge in [-0.25, -0.2) is 4.79 Å². The third-order valence-electron chi connectivity index (χ3n) is 3.56. The van der Waals surface area contributed by atoms with E-state index in [1.165, 1.54) is 4.88 Å². The number of hydrogen-bond donors (Lipinski definition) is 1. The third-order valence-corrected chi connectivity index (χ3v) is 5.06. The molecule has 2 aromatic carbocycles. The van der Waals surface area contributed by atoms with E-state index in [-0.39, 0.29) is 0 Å². The Kier molecular flexibility index (Phi) is 3.70. The lowest BCUT2D eigenvalue weighted by Gasteiger charge is -2.05. The first-order chi connectivity index (χ1) is 10.1. The summed E-state index contributed by atoms with van der Waals surface area (Å²) in [4.78, 5) is 12.4. The molecule has 0 aliphatic carbocycles. The van der Waals surface area contributed by atoms with Gasteiger partial charge in [-0.15, -0.1) is 11.3 Å². The SMILES string of the molecule is Cc1sc2ccc(C(=O)O)cc2c1Cc1ccccc1Cl. The van der Waals surface area contributed by atoms with Gasteiger partial charge in [0.2, 0.25) is 0 Å². The zero-order valence-corrected chi connectivity index (χ0v) is 13.0. The van der Waals surface area contributed by atoms with Crippen LogP contribution in [0.4, 0.5) is 0 Å². The minimum Gasteiger partial charge on any atom is -0.478 e. The Morgan fingerprint density at radius 2 is 2.00 bits per heavy atom. The Morgan fingerprint density at radius 3 is 2.71 bits per heavy atom. The van der Waals surface area contributed by atoms with Crippen LogP contribution in [-0.4, -0.2) is 11.1 Å². The van der Waals surface area contributed by atoms with Gasteiger partial charge in [-0.3, -0.25) is 0 Å². The van der Waals surface area contributed by atoms with Crippen molar-refractivity contribution in [2.45, 2.75) is 13.3 Å². The predicted octanol–water partition coefficient (Wildman–Crippen LogP) is 5.15. The highest BCUT2D eigenvalue weighted by molar-refractivity contribution is 7.19. The van der Waals surface area contributed by atoms with Crippen molar-refractivity contribution in [3.05, 3.63) is 69.1 Å². The van der Waals surface area contributed by atoms with Crippen LogP contribution in [0.5, 0.6) is 0 Å². The highest BCUT2D eigenvalue weighted by Crippen LogP contribution is 2.34. The molecule has 0 fully saturated rings. The summed E-state index contributed by atoms with van der Waals surface area (Å²) in [5.74, 6) is -0.899. The normalized spacial score (nSPS) is 11.0. The van der Waals surface area contributed by atoms with Crippen molar-refractivity contribution in [1.82, 2.24) is 0 Å². The van der Waals surface area contributed by atoms with Crippen molar-refractivity contribution in [3.8, 4) is 0 Å². The molecule has 1 N–H and O–H groups in total. The fourth-order valence-corrected chi connectivity index (χ4v) is 3.72. The number of fused-ring (bicyclic) bond motifs is 1. The molecule has 0 unspecified atom stereocenters. The maximum absolute atomic E-state index is 11.2. The largest absolute Gasteiger partial charge is 0.478 e. The molecule has 0 aliphatic heterocycles. The van der Waals surface area contributed by atoms with Crippen LogP contribution < -0.4 is 0 Å². The Bertz CT molecular complexity index is 836. The molecule has 2 nitrogen and oxygen atoms in total. The zero-order valence-electron chi connectivity index (χ0n) is 11.4.